The van der Waals surface area contributed by atoms with Crippen LogP contribution in [0.15, 0.2) is 0 Å². The number of hydrogen-bond donors (Lipinski definition) is 2. The summed E-state index contributed by atoms with van der Waals surface area (Å²) in [5.74, 6) is 0.837. The van der Waals surface area contributed by atoms with E-state index in [0.717, 1.165) is 19.5 Å². The maximum Gasteiger partial charge on any atom is 0.237 e. The van der Waals surface area contributed by atoms with E-state index in [2.05, 4.69) is 22.6 Å². The molecular weight excluding hydrogens is 202 g/mol. The van der Waals surface area contributed by atoms with Crippen molar-refractivity contribution in [3.05, 3.63) is 0 Å². The van der Waals surface area contributed by atoms with Gasteiger partial charge in [-0.15, -0.1) is 12.4 Å². The Labute approximate surface area is 90.8 Å². The van der Waals surface area contributed by atoms with Crippen LogP contribution in [0.4, 0.5) is 0 Å². The predicted molar refractivity (Wildman–Crippen MR) is 57.6 cm³/mol. The molecule has 2 aliphatic rings. The highest BCUT2D eigenvalue weighted by Gasteiger charge is 2.44. The number of rotatable bonds is 1. The summed E-state index contributed by atoms with van der Waals surface area (Å²) in [6.45, 7) is 2.11. The first-order valence-electron chi connectivity index (χ1n) is 4.88. The fourth-order valence-corrected chi connectivity index (χ4v) is 2.58. The zero-order valence-electron chi connectivity index (χ0n) is 8.62. The Hall–Kier alpha value is -0.320. The summed E-state index contributed by atoms with van der Waals surface area (Å²) in [6.07, 6.45) is 1.01. The molecule has 2 saturated heterocycles. The minimum absolute atomic E-state index is 0. The van der Waals surface area contributed by atoms with Crippen LogP contribution in [0.25, 0.3) is 0 Å². The fraction of sp³-hybridized carbons (Fsp3) is 0.889. The number of carbonyl (C=O) groups is 1. The third-order valence-corrected chi connectivity index (χ3v) is 3.39. The van der Waals surface area contributed by atoms with E-state index in [1.165, 1.54) is 0 Å². The summed E-state index contributed by atoms with van der Waals surface area (Å²) >= 11 is 0. The standard InChI is InChI=1S/C9H17N3O.ClH/c1-10-9(13)7-3-6-4-11-5-8(6)12(7)2;/h6-8,11H,3-5H2,1-2H3,(H,10,13);1H/t6-,7+,8+;/m1./s1. The van der Waals surface area contributed by atoms with Crippen LogP contribution >= 0.6 is 12.4 Å². The number of hydrogen-bond acceptors (Lipinski definition) is 3. The zero-order chi connectivity index (χ0) is 9.42. The van der Waals surface area contributed by atoms with Crippen LogP contribution in [0.2, 0.25) is 0 Å². The zero-order valence-corrected chi connectivity index (χ0v) is 9.43. The monoisotopic (exact) mass is 219 g/mol. The number of halogens is 1. The molecule has 4 nitrogen and oxygen atoms in total. The van der Waals surface area contributed by atoms with Gasteiger partial charge in [0, 0.05) is 19.6 Å². The molecule has 0 aromatic rings. The lowest BCUT2D eigenvalue weighted by atomic mass is 10.0. The molecule has 0 aliphatic carbocycles. The van der Waals surface area contributed by atoms with Crippen LogP contribution in [0.5, 0.6) is 0 Å². The summed E-state index contributed by atoms with van der Waals surface area (Å²) < 4.78 is 0. The lowest BCUT2D eigenvalue weighted by Gasteiger charge is -2.22. The van der Waals surface area contributed by atoms with Gasteiger partial charge in [0.25, 0.3) is 0 Å². The largest absolute Gasteiger partial charge is 0.358 e. The van der Waals surface area contributed by atoms with Crippen LogP contribution in [-0.4, -0.2) is 50.1 Å². The van der Waals surface area contributed by atoms with Crippen molar-refractivity contribution in [3.8, 4) is 0 Å². The summed E-state index contributed by atoms with van der Waals surface area (Å²) in [6, 6.07) is 0.671. The Bertz CT molecular complexity index is 224. The first-order chi connectivity index (χ1) is 6.24. The van der Waals surface area contributed by atoms with Gasteiger partial charge in [-0.2, -0.15) is 0 Å². The normalized spacial score (nSPS) is 36.3. The molecule has 1 amide bonds. The van der Waals surface area contributed by atoms with Gasteiger partial charge in [-0.1, -0.05) is 0 Å². The molecule has 2 N–H and O–H groups in total. The van der Waals surface area contributed by atoms with Gasteiger partial charge in [0.1, 0.15) is 0 Å². The Kier molecular flexibility index (Phi) is 3.75. The lowest BCUT2D eigenvalue weighted by molar-refractivity contribution is -0.124. The number of likely N-dealkylation sites (N-methyl/N-ethyl adjacent to an activating group) is 2. The average Bonchev–Trinajstić information content (AvgIpc) is 2.68. The molecule has 0 radical (unpaired) electrons. The summed E-state index contributed by atoms with van der Waals surface area (Å²) in [5.41, 5.74) is 0. The summed E-state index contributed by atoms with van der Waals surface area (Å²) in [5, 5.41) is 6.08. The molecule has 2 fully saturated rings. The van der Waals surface area contributed by atoms with Gasteiger partial charge in [0.15, 0.2) is 0 Å². The Morgan fingerprint density at radius 3 is 2.79 bits per heavy atom. The molecule has 0 spiro atoms. The second-order valence-corrected chi connectivity index (χ2v) is 4.02. The average molecular weight is 220 g/mol. The van der Waals surface area contributed by atoms with E-state index >= 15 is 0 Å². The number of fused-ring (bicyclic) bond motifs is 1. The molecule has 0 saturated carbocycles. The lowest BCUT2D eigenvalue weighted by Crippen LogP contribution is -2.44. The van der Waals surface area contributed by atoms with Gasteiger partial charge in [0.2, 0.25) is 5.91 Å². The van der Waals surface area contributed by atoms with Gasteiger partial charge in [-0.3, -0.25) is 9.69 Å². The van der Waals surface area contributed by atoms with Gasteiger partial charge in [0.05, 0.1) is 6.04 Å². The van der Waals surface area contributed by atoms with Crippen molar-refractivity contribution in [3.63, 3.8) is 0 Å². The summed E-state index contributed by atoms with van der Waals surface area (Å²) in [7, 11) is 3.76. The molecule has 0 unspecified atom stereocenters. The number of nitrogens with zero attached hydrogens (tertiary/aromatic N) is 1. The topological polar surface area (TPSA) is 44.4 Å². The van der Waals surface area contributed by atoms with Crippen molar-refractivity contribution in [1.82, 2.24) is 15.5 Å². The van der Waals surface area contributed by atoms with E-state index < -0.39 is 0 Å². The third-order valence-electron chi connectivity index (χ3n) is 3.39. The van der Waals surface area contributed by atoms with Gasteiger partial charge in [-0.25, -0.2) is 0 Å². The Morgan fingerprint density at radius 2 is 2.21 bits per heavy atom. The molecular formula is C9H18ClN3O. The third kappa shape index (κ3) is 1.74. The minimum Gasteiger partial charge on any atom is -0.358 e. The van der Waals surface area contributed by atoms with Gasteiger partial charge >= 0.3 is 0 Å². The SMILES string of the molecule is CNC(=O)[C@@H]1C[C@@H]2CNC[C@@H]2N1C.Cl. The second-order valence-electron chi connectivity index (χ2n) is 4.02. The van der Waals surface area contributed by atoms with Gasteiger partial charge < -0.3 is 10.6 Å². The van der Waals surface area contributed by atoms with Crippen LogP contribution in [0, 0.1) is 5.92 Å². The Balaban J connectivity index is 0.000000980. The highest BCUT2D eigenvalue weighted by atomic mass is 35.5. The number of likely N-dealkylation sites (tertiary alicyclic amines) is 1. The molecule has 3 atom stereocenters. The number of amides is 1. The fourth-order valence-electron chi connectivity index (χ4n) is 2.58. The highest BCUT2D eigenvalue weighted by molar-refractivity contribution is 5.85. The van der Waals surface area contributed by atoms with E-state index in [1.54, 1.807) is 7.05 Å². The molecule has 5 heteroatoms. The van der Waals surface area contributed by atoms with Crippen molar-refractivity contribution in [1.29, 1.82) is 0 Å². The highest BCUT2D eigenvalue weighted by Crippen LogP contribution is 2.30. The molecule has 0 bridgehead atoms. The van der Waals surface area contributed by atoms with Crippen molar-refractivity contribution < 1.29 is 4.79 Å². The van der Waals surface area contributed by atoms with Crippen molar-refractivity contribution in [2.45, 2.75) is 18.5 Å². The molecule has 2 heterocycles. The smallest absolute Gasteiger partial charge is 0.237 e. The van der Waals surface area contributed by atoms with E-state index in [9.17, 15) is 4.79 Å². The predicted octanol–water partition coefficient (Wildman–Crippen LogP) is -0.554. The molecule has 2 aliphatic heterocycles. The number of carbonyl (C=O) groups excluding carboxylic acids is 1. The number of nitrogens with one attached hydrogen (secondary N) is 2. The first-order valence-corrected chi connectivity index (χ1v) is 4.88. The van der Waals surface area contributed by atoms with Crippen LogP contribution in [-0.2, 0) is 4.79 Å². The van der Waals surface area contributed by atoms with Gasteiger partial charge in [-0.05, 0) is 25.9 Å². The quantitative estimate of drug-likeness (QED) is 0.622. The minimum atomic E-state index is 0. The van der Waals surface area contributed by atoms with Crippen molar-refractivity contribution in [2.24, 2.45) is 5.92 Å². The molecule has 0 aromatic heterocycles. The van der Waals surface area contributed by atoms with Crippen LogP contribution in [0.3, 0.4) is 0 Å². The first kappa shape index (κ1) is 11.8. The van der Waals surface area contributed by atoms with E-state index in [1.807, 2.05) is 0 Å². The maximum atomic E-state index is 11.5. The van der Waals surface area contributed by atoms with Crippen molar-refractivity contribution in [2.75, 3.05) is 27.2 Å². The molecule has 0 aromatic carbocycles. The van der Waals surface area contributed by atoms with E-state index in [4.69, 9.17) is 0 Å². The molecule has 2 rings (SSSR count). The molecule has 82 valence electrons. The van der Waals surface area contributed by atoms with E-state index in [0.29, 0.717) is 12.0 Å². The second kappa shape index (κ2) is 4.47. The summed E-state index contributed by atoms with van der Waals surface area (Å²) in [4.78, 5) is 13.7. The van der Waals surface area contributed by atoms with Crippen LogP contribution in [0.1, 0.15) is 6.42 Å². The van der Waals surface area contributed by atoms with E-state index in [-0.39, 0.29) is 24.4 Å². The Morgan fingerprint density at radius 1 is 1.50 bits per heavy atom. The molecule has 14 heavy (non-hydrogen) atoms. The maximum absolute atomic E-state index is 11.5. The van der Waals surface area contributed by atoms with Crippen LogP contribution < -0.4 is 10.6 Å². The van der Waals surface area contributed by atoms with Crippen molar-refractivity contribution >= 4 is 18.3 Å².